The fourth-order valence-electron chi connectivity index (χ4n) is 1.32. The highest BCUT2D eigenvalue weighted by Crippen LogP contribution is 2.05. The standard InChI is InChI=1S/C14H10O4.C3H8/c15-13(11-7-3-1-4-8-11)17-18-14(16)12-9-5-2-6-10-12;1-3-2/h1-10H;3H2,1-2H3. The van der Waals surface area contributed by atoms with Crippen LogP contribution in [0.2, 0.25) is 0 Å². The van der Waals surface area contributed by atoms with Crippen molar-refractivity contribution in [2.45, 2.75) is 20.3 Å². The Kier molecular flexibility index (Phi) is 7.29. The van der Waals surface area contributed by atoms with Crippen LogP contribution in [0, 0.1) is 0 Å². The smallest absolute Gasteiger partial charge is 0.242 e. The molecule has 110 valence electrons. The van der Waals surface area contributed by atoms with Gasteiger partial charge in [0, 0.05) is 0 Å². The number of benzene rings is 2. The van der Waals surface area contributed by atoms with Crippen LogP contribution in [0.25, 0.3) is 0 Å². The molecule has 0 saturated heterocycles. The molecule has 0 heterocycles. The Morgan fingerprint density at radius 3 is 1.29 bits per heavy atom. The van der Waals surface area contributed by atoms with E-state index in [2.05, 4.69) is 23.6 Å². The van der Waals surface area contributed by atoms with Gasteiger partial charge in [-0.3, -0.25) is 0 Å². The third-order valence-corrected chi connectivity index (χ3v) is 2.21. The summed E-state index contributed by atoms with van der Waals surface area (Å²) < 4.78 is 0. The molecule has 0 fully saturated rings. The van der Waals surface area contributed by atoms with Gasteiger partial charge in [0.25, 0.3) is 0 Å². The zero-order chi connectivity index (χ0) is 15.5. The number of hydrogen-bond acceptors (Lipinski definition) is 4. The van der Waals surface area contributed by atoms with Gasteiger partial charge in [0.15, 0.2) is 0 Å². The Morgan fingerprint density at radius 1 is 0.714 bits per heavy atom. The summed E-state index contributed by atoms with van der Waals surface area (Å²) in [6, 6.07) is 16.6. The SMILES string of the molecule is CCC.O=C(OOC(=O)c1ccccc1)c1ccccc1. The molecule has 0 aliphatic heterocycles. The summed E-state index contributed by atoms with van der Waals surface area (Å²) in [4.78, 5) is 31.9. The minimum atomic E-state index is -0.708. The normalized spacial score (nSPS) is 9.05. The summed E-state index contributed by atoms with van der Waals surface area (Å²) in [5.74, 6) is -1.42. The van der Waals surface area contributed by atoms with Crippen molar-refractivity contribution >= 4 is 11.9 Å². The lowest BCUT2D eigenvalue weighted by Gasteiger charge is -2.02. The molecule has 2 aromatic carbocycles. The number of rotatable bonds is 2. The minimum absolute atomic E-state index is 0.318. The molecule has 2 aromatic rings. The maximum atomic E-state index is 11.5. The summed E-state index contributed by atoms with van der Waals surface area (Å²) in [7, 11) is 0. The van der Waals surface area contributed by atoms with Crippen LogP contribution in [0.4, 0.5) is 0 Å². The second kappa shape index (κ2) is 9.31. The Balaban J connectivity index is 0.000000677. The van der Waals surface area contributed by atoms with Gasteiger partial charge in [-0.25, -0.2) is 19.4 Å². The van der Waals surface area contributed by atoms with Crippen molar-refractivity contribution in [3.8, 4) is 0 Å². The van der Waals surface area contributed by atoms with Crippen molar-refractivity contribution in [3.63, 3.8) is 0 Å². The van der Waals surface area contributed by atoms with Crippen LogP contribution in [-0.4, -0.2) is 11.9 Å². The molecular formula is C17H18O4. The van der Waals surface area contributed by atoms with Crippen LogP contribution in [0.15, 0.2) is 60.7 Å². The van der Waals surface area contributed by atoms with E-state index in [0.29, 0.717) is 11.1 Å². The quantitative estimate of drug-likeness (QED) is 0.617. The Labute approximate surface area is 124 Å². The van der Waals surface area contributed by atoms with Gasteiger partial charge in [-0.1, -0.05) is 56.7 Å². The Morgan fingerprint density at radius 2 is 1.00 bits per heavy atom. The maximum absolute atomic E-state index is 11.5. The van der Waals surface area contributed by atoms with E-state index in [-0.39, 0.29) is 0 Å². The van der Waals surface area contributed by atoms with E-state index in [4.69, 9.17) is 0 Å². The average molecular weight is 286 g/mol. The molecule has 0 amide bonds. The lowest BCUT2D eigenvalue weighted by Crippen LogP contribution is -2.11. The molecule has 4 heteroatoms. The van der Waals surface area contributed by atoms with Gasteiger partial charge in [0.2, 0.25) is 0 Å². The first-order chi connectivity index (χ1) is 10.2. The lowest BCUT2D eigenvalue weighted by atomic mass is 10.2. The molecular weight excluding hydrogens is 268 g/mol. The van der Waals surface area contributed by atoms with Crippen molar-refractivity contribution in [1.29, 1.82) is 0 Å². The van der Waals surface area contributed by atoms with Crippen molar-refractivity contribution in [2.24, 2.45) is 0 Å². The lowest BCUT2D eigenvalue weighted by molar-refractivity contribution is -0.187. The van der Waals surface area contributed by atoms with E-state index in [1.807, 2.05) is 0 Å². The van der Waals surface area contributed by atoms with Crippen molar-refractivity contribution in [2.75, 3.05) is 0 Å². The Hall–Kier alpha value is -2.62. The number of carbonyl (C=O) groups excluding carboxylic acids is 2. The molecule has 0 aromatic heterocycles. The molecule has 21 heavy (non-hydrogen) atoms. The number of carbonyl (C=O) groups is 2. The van der Waals surface area contributed by atoms with Gasteiger partial charge in [0.1, 0.15) is 0 Å². The van der Waals surface area contributed by atoms with Crippen molar-refractivity contribution < 1.29 is 19.4 Å². The van der Waals surface area contributed by atoms with Gasteiger partial charge in [-0.05, 0) is 24.3 Å². The topological polar surface area (TPSA) is 52.6 Å². The first kappa shape index (κ1) is 16.4. The van der Waals surface area contributed by atoms with Gasteiger partial charge >= 0.3 is 11.9 Å². The highest BCUT2D eigenvalue weighted by atomic mass is 17.2. The maximum Gasteiger partial charge on any atom is 0.386 e. The highest BCUT2D eigenvalue weighted by Gasteiger charge is 2.12. The first-order valence-electron chi connectivity index (χ1n) is 6.72. The van der Waals surface area contributed by atoms with Crippen LogP contribution in [0.5, 0.6) is 0 Å². The molecule has 0 aliphatic rings. The molecule has 0 unspecified atom stereocenters. The molecule has 2 rings (SSSR count). The fraction of sp³-hybridized carbons (Fsp3) is 0.176. The van der Waals surface area contributed by atoms with Crippen molar-refractivity contribution in [3.05, 3.63) is 71.8 Å². The van der Waals surface area contributed by atoms with Crippen LogP contribution < -0.4 is 0 Å². The average Bonchev–Trinajstić information content (AvgIpc) is 2.54. The van der Waals surface area contributed by atoms with E-state index in [1.165, 1.54) is 6.42 Å². The zero-order valence-corrected chi connectivity index (χ0v) is 12.1. The molecule has 0 bridgehead atoms. The molecule has 0 atom stereocenters. The van der Waals surface area contributed by atoms with Gasteiger partial charge in [-0.2, -0.15) is 0 Å². The van der Waals surface area contributed by atoms with E-state index in [1.54, 1.807) is 60.7 Å². The summed E-state index contributed by atoms with van der Waals surface area (Å²) in [6.45, 7) is 4.25. The largest absolute Gasteiger partial charge is 0.386 e. The van der Waals surface area contributed by atoms with Crippen LogP contribution in [0.1, 0.15) is 41.0 Å². The summed E-state index contributed by atoms with van der Waals surface area (Å²) in [5.41, 5.74) is 0.636. The van der Waals surface area contributed by atoms with E-state index >= 15 is 0 Å². The monoisotopic (exact) mass is 286 g/mol. The van der Waals surface area contributed by atoms with Crippen molar-refractivity contribution in [1.82, 2.24) is 0 Å². The zero-order valence-electron chi connectivity index (χ0n) is 12.1. The van der Waals surface area contributed by atoms with E-state index in [9.17, 15) is 9.59 Å². The first-order valence-corrected chi connectivity index (χ1v) is 6.72. The van der Waals surface area contributed by atoms with Gasteiger partial charge in [0.05, 0.1) is 11.1 Å². The second-order valence-electron chi connectivity index (χ2n) is 4.18. The third kappa shape index (κ3) is 5.91. The molecule has 0 radical (unpaired) electrons. The summed E-state index contributed by atoms with van der Waals surface area (Å²) >= 11 is 0. The fourth-order valence-corrected chi connectivity index (χ4v) is 1.32. The van der Waals surface area contributed by atoms with Gasteiger partial charge in [-0.15, -0.1) is 0 Å². The highest BCUT2D eigenvalue weighted by molar-refractivity contribution is 5.92. The number of hydrogen-bond donors (Lipinski definition) is 0. The minimum Gasteiger partial charge on any atom is -0.242 e. The predicted molar refractivity (Wildman–Crippen MR) is 79.7 cm³/mol. The third-order valence-electron chi connectivity index (χ3n) is 2.21. The predicted octanol–water partition coefficient (Wildman–Crippen LogP) is 4.03. The molecule has 0 spiro atoms. The van der Waals surface area contributed by atoms with Crippen LogP contribution in [-0.2, 0) is 9.78 Å². The van der Waals surface area contributed by atoms with Crippen LogP contribution >= 0.6 is 0 Å². The Bertz CT molecular complexity index is 498. The molecule has 4 nitrogen and oxygen atoms in total. The van der Waals surface area contributed by atoms with Gasteiger partial charge < -0.3 is 0 Å². The van der Waals surface area contributed by atoms with E-state index < -0.39 is 11.9 Å². The molecule has 0 aliphatic carbocycles. The summed E-state index contributed by atoms with van der Waals surface area (Å²) in [5, 5.41) is 0. The van der Waals surface area contributed by atoms with E-state index in [0.717, 1.165) is 0 Å². The van der Waals surface area contributed by atoms with Crippen LogP contribution in [0.3, 0.4) is 0 Å². The molecule has 0 saturated carbocycles. The second-order valence-corrected chi connectivity index (χ2v) is 4.18. The summed E-state index contributed by atoms with van der Waals surface area (Å²) in [6.07, 6.45) is 1.25. The molecule has 0 N–H and O–H groups in total.